The minimum absolute atomic E-state index is 0.0250. The number of hydrogen-bond acceptors (Lipinski definition) is 3. The Kier molecular flexibility index (Phi) is 5.39. The summed E-state index contributed by atoms with van der Waals surface area (Å²) in [7, 11) is -4.05. The predicted molar refractivity (Wildman–Crippen MR) is 67.4 cm³/mol. The van der Waals surface area contributed by atoms with Crippen LogP contribution in [0.15, 0.2) is 33.7 Å². The average Bonchev–Trinajstić information content (AvgIpc) is 2.22. The standard InChI is InChI=1S/C10H11BrF2N2O2S/c11-8-5-7(12)6-9(13)10(8)18(16,17)15-4-2-1-3-14/h1-2,5-6,15H,3-4,14H2/b2-1+. The number of nitrogens with one attached hydrogen (secondary N) is 1. The third kappa shape index (κ3) is 3.84. The zero-order chi connectivity index (χ0) is 13.8. The van der Waals surface area contributed by atoms with Crippen LogP contribution in [0.25, 0.3) is 0 Å². The van der Waals surface area contributed by atoms with E-state index in [0.717, 1.165) is 6.07 Å². The summed E-state index contributed by atoms with van der Waals surface area (Å²) in [6, 6.07) is 1.39. The molecule has 0 saturated carbocycles. The lowest BCUT2D eigenvalue weighted by molar-refractivity contribution is 0.542. The van der Waals surface area contributed by atoms with Gasteiger partial charge in [-0.25, -0.2) is 21.9 Å². The second-order valence-electron chi connectivity index (χ2n) is 3.26. The molecule has 0 atom stereocenters. The highest BCUT2D eigenvalue weighted by molar-refractivity contribution is 9.10. The topological polar surface area (TPSA) is 72.2 Å². The molecule has 0 aromatic heterocycles. The number of nitrogens with two attached hydrogens (primary N) is 1. The van der Waals surface area contributed by atoms with E-state index in [1.54, 1.807) is 6.08 Å². The van der Waals surface area contributed by atoms with Crippen molar-refractivity contribution in [1.82, 2.24) is 4.72 Å². The maximum atomic E-state index is 13.5. The maximum absolute atomic E-state index is 13.5. The van der Waals surface area contributed by atoms with Crippen molar-refractivity contribution in [2.45, 2.75) is 4.90 Å². The summed E-state index contributed by atoms with van der Waals surface area (Å²) in [4.78, 5) is -0.620. The molecule has 18 heavy (non-hydrogen) atoms. The van der Waals surface area contributed by atoms with E-state index in [2.05, 4.69) is 20.7 Å². The number of halogens is 3. The Morgan fingerprint density at radius 2 is 2.00 bits per heavy atom. The second-order valence-corrected chi connectivity index (χ2v) is 5.82. The number of rotatable bonds is 5. The molecule has 0 saturated heterocycles. The zero-order valence-electron chi connectivity index (χ0n) is 9.16. The molecule has 0 bridgehead atoms. The lowest BCUT2D eigenvalue weighted by Gasteiger charge is -2.08. The van der Waals surface area contributed by atoms with Crippen molar-refractivity contribution in [3.8, 4) is 0 Å². The highest BCUT2D eigenvalue weighted by atomic mass is 79.9. The number of sulfonamides is 1. The first-order valence-electron chi connectivity index (χ1n) is 4.87. The molecule has 8 heteroatoms. The fraction of sp³-hybridized carbons (Fsp3) is 0.200. The van der Waals surface area contributed by atoms with E-state index in [1.807, 2.05) is 0 Å². The third-order valence-electron chi connectivity index (χ3n) is 1.93. The Hall–Kier alpha value is -0.830. The molecule has 0 amide bonds. The van der Waals surface area contributed by atoms with Crippen molar-refractivity contribution in [2.24, 2.45) is 5.73 Å². The Morgan fingerprint density at radius 3 is 2.56 bits per heavy atom. The van der Waals surface area contributed by atoms with Gasteiger partial charge in [0.2, 0.25) is 10.0 Å². The van der Waals surface area contributed by atoms with Crippen LogP contribution in [0.1, 0.15) is 0 Å². The fourth-order valence-corrected chi connectivity index (χ4v) is 3.33. The molecule has 0 spiro atoms. The van der Waals surface area contributed by atoms with Gasteiger partial charge in [0.25, 0.3) is 0 Å². The third-order valence-corrected chi connectivity index (χ3v) is 4.31. The first kappa shape index (κ1) is 15.2. The number of benzene rings is 1. The van der Waals surface area contributed by atoms with Crippen LogP contribution in [0.5, 0.6) is 0 Å². The highest BCUT2D eigenvalue weighted by Gasteiger charge is 2.22. The van der Waals surface area contributed by atoms with Crippen LogP contribution in [-0.4, -0.2) is 21.5 Å². The van der Waals surface area contributed by atoms with Crippen molar-refractivity contribution in [3.05, 3.63) is 40.4 Å². The Morgan fingerprint density at radius 1 is 1.33 bits per heavy atom. The molecule has 0 unspecified atom stereocenters. The van der Waals surface area contributed by atoms with Gasteiger partial charge in [0.05, 0.1) is 0 Å². The molecule has 1 rings (SSSR count). The minimum Gasteiger partial charge on any atom is -0.327 e. The summed E-state index contributed by atoms with van der Waals surface area (Å²) >= 11 is 2.82. The molecule has 1 aromatic carbocycles. The summed E-state index contributed by atoms with van der Waals surface area (Å²) < 4.78 is 51.8. The molecule has 0 heterocycles. The van der Waals surface area contributed by atoms with Crippen LogP contribution in [0.3, 0.4) is 0 Å². The van der Waals surface area contributed by atoms with Gasteiger partial charge in [-0.15, -0.1) is 0 Å². The summed E-state index contributed by atoms with van der Waals surface area (Å²) in [5.41, 5.74) is 5.18. The van der Waals surface area contributed by atoms with Gasteiger partial charge in [-0.3, -0.25) is 0 Å². The van der Waals surface area contributed by atoms with Gasteiger partial charge in [-0.2, -0.15) is 0 Å². The molecule has 0 aliphatic heterocycles. The molecule has 0 radical (unpaired) electrons. The van der Waals surface area contributed by atoms with Crippen LogP contribution in [0.2, 0.25) is 0 Å². The molecular formula is C10H11BrF2N2O2S. The fourth-order valence-electron chi connectivity index (χ4n) is 1.20. The average molecular weight is 341 g/mol. The van der Waals surface area contributed by atoms with E-state index < -0.39 is 26.6 Å². The van der Waals surface area contributed by atoms with Crippen molar-refractivity contribution in [1.29, 1.82) is 0 Å². The van der Waals surface area contributed by atoms with Crippen molar-refractivity contribution < 1.29 is 17.2 Å². The Labute approximate surface area is 112 Å². The quantitative estimate of drug-likeness (QED) is 0.798. The van der Waals surface area contributed by atoms with Crippen molar-refractivity contribution >= 4 is 26.0 Å². The summed E-state index contributed by atoms with van der Waals surface area (Å²) in [6.45, 7) is 0.249. The highest BCUT2D eigenvalue weighted by Crippen LogP contribution is 2.25. The van der Waals surface area contributed by atoms with E-state index in [0.29, 0.717) is 6.07 Å². The summed E-state index contributed by atoms with van der Waals surface area (Å²) in [5.74, 6) is -2.02. The lowest BCUT2D eigenvalue weighted by Crippen LogP contribution is -2.25. The first-order valence-corrected chi connectivity index (χ1v) is 7.15. The van der Waals surface area contributed by atoms with E-state index >= 15 is 0 Å². The molecular weight excluding hydrogens is 330 g/mol. The van der Waals surface area contributed by atoms with Gasteiger partial charge in [0.15, 0.2) is 0 Å². The van der Waals surface area contributed by atoms with Gasteiger partial charge < -0.3 is 5.73 Å². The van der Waals surface area contributed by atoms with Gasteiger partial charge in [-0.05, 0) is 22.0 Å². The monoisotopic (exact) mass is 340 g/mol. The summed E-state index contributed by atoms with van der Waals surface area (Å²) in [6.07, 6.45) is 3.05. The predicted octanol–water partition coefficient (Wildman–Crippen LogP) is 1.52. The van der Waals surface area contributed by atoms with E-state index in [-0.39, 0.29) is 17.6 Å². The maximum Gasteiger partial charge on any atom is 0.244 e. The largest absolute Gasteiger partial charge is 0.327 e. The van der Waals surface area contributed by atoms with E-state index in [1.165, 1.54) is 6.08 Å². The van der Waals surface area contributed by atoms with Crippen LogP contribution < -0.4 is 10.5 Å². The minimum atomic E-state index is -4.05. The molecule has 100 valence electrons. The second kappa shape index (κ2) is 6.37. The number of hydrogen-bond donors (Lipinski definition) is 2. The van der Waals surface area contributed by atoms with Crippen LogP contribution in [-0.2, 0) is 10.0 Å². The van der Waals surface area contributed by atoms with E-state index in [4.69, 9.17) is 5.73 Å². The van der Waals surface area contributed by atoms with Gasteiger partial charge >= 0.3 is 0 Å². The first-order chi connectivity index (χ1) is 8.38. The Bertz CT molecular complexity index is 538. The van der Waals surface area contributed by atoms with Crippen LogP contribution in [0, 0.1) is 11.6 Å². The van der Waals surface area contributed by atoms with Crippen LogP contribution >= 0.6 is 15.9 Å². The SMILES string of the molecule is NC/C=C/CNS(=O)(=O)c1c(F)cc(F)cc1Br. The molecule has 4 nitrogen and oxygen atoms in total. The van der Waals surface area contributed by atoms with Crippen LogP contribution in [0.4, 0.5) is 8.78 Å². The Balaban J connectivity index is 3.02. The summed E-state index contributed by atoms with van der Waals surface area (Å²) in [5, 5.41) is 0. The molecule has 1 aromatic rings. The van der Waals surface area contributed by atoms with Crippen molar-refractivity contribution in [2.75, 3.05) is 13.1 Å². The zero-order valence-corrected chi connectivity index (χ0v) is 11.6. The smallest absolute Gasteiger partial charge is 0.244 e. The molecule has 0 fully saturated rings. The lowest BCUT2D eigenvalue weighted by atomic mass is 10.3. The van der Waals surface area contributed by atoms with Gasteiger partial charge in [0, 0.05) is 23.6 Å². The normalized spacial score (nSPS) is 12.2. The van der Waals surface area contributed by atoms with Gasteiger partial charge in [0.1, 0.15) is 16.5 Å². The van der Waals surface area contributed by atoms with Crippen molar-refractivity contribution in [3.63, 3.8) is 0 Å². The van der Waals surface area contributed by atoms with E-state index in [9.17, 15) is 17.2 Å². The molecule has 0 aliphatic carbocycles. The molecule has 0 aliphatic rings. The molecule has 3 N–H and O–H groups in total. The van der Waals surface area contributed by atoms with Gasteiger partial charge in [-0.1, -0.05) is 12.2 Å².